The zero-order valence-electron chi connectivity index (χ0n) is 25.9. The van der Waals surface area contributed by atoms with Crippen molar-refractivity contribution in [2.24, 2.45) is 59.2 Å². The zero-order valence-corrected chi connectivity index (χ0v) is 29.1. The molecule has 1 nitrogen and oxygen atoms in total. The summed E-state index contributed by atoms with van der Waals surface area (Å²) in [7, 11) is 0. The van der Waals surface area contributed by atoms with Crippen LogP contribution in [0.1, 0.15) is 67.9 Å². The number of nitrogens with one attached hydrogen (secondary N) is 1. The Balaban J connectivity index is 0. The molecule has 0 heterocycles. The summed E-state index contributed by atoms with van der Waals surface area (Å²) in [5.74, 6) is 7.95. The molecule has 4 rings (SSSR count). The molecular weight excluding hydrogens is 561 g/mol. The normalized spacial score (nSPS) is 33.7. The van der Waals surface area contributed by atoms with Crippen LogP contribution in [0.2, 0.25) is 5.02 Å². The van der Waals surface area contributed by atoms with Crippen molar-refractivity contribution >= 4 is 17.3 Å². The van der Waals surface area contributed by atoms with Crippen LogP contribution in [-0.4, -0.2) is 0 Å². The number of allylic oxidation sites excluding steroid dienone is 1. The molecule has 2 aliphatic carbocycles. The Bertz CT molecular complexity index is 810. The van der Waals surface area contributed by atoms with Crippen LogP contribution < -0.4 is 0 Å². The molecule has 4 unspecified atom stereocenters. The molecule has 210 valence electrons. The summed E-state index contributed by atoms with van der Waals surface area (Å²) < 4.78 is 0. The Morgan fingerprint density at radius 3 is 1.26 bits per heavy atom. The summed E-state index contributed by atoms with van der Waals surface area (Å²) in [6.07, 6.45) is 2.15. The van der Waals surface area contributed by atoms with E-state index in [0.29, 0.717) is 23.5 Å². The van der Waals surface area contributed by atoms with Gasteiger partial charge in [-0.15, -0.1) is 5.70 Å². The van der Waals surface area contributed by atoms with E-state index in [0.717, 1.165) is 52.0 Å². The minimum absolute atomic E-state index is 0. The van der Waals surface area contributed by atoms with Crippen LogP contribution in [0.5, 0.6) is 0 Å². The average molecular weight is 616 g/mol. The first-order valence-electron chi connectivity index (χ1n) is 13.6. The van der Waals surface area contributed by atoms with Crippen molar-refractivity contribution in [3.05, 3.63) is 97.9 Å². The first kappa shape index (κ1) is 39.3. The molecule has 0 bridgehead atoms. The third-order valence-electron chi connectivity index (χ3n) is 9.97. The number of benzene rings is 2. The molecular formula is C35H54ClNZr. The van der Waals surface area contributed by atoms with Gasteiger partial charge in [0.25, 0.3) is 0 Å². The van der Waals surface area contributed by atoms with Crippen LogP contribution in [0.25, 0.3) is 11.4 Å². The molecule has 2 fully saturated rings. The predicted molar refractivity (Wildman–Crippen MR) is 168 cm³/mol. The molecule has 2 aliphatic rings. The maximum Gasteiger partial charge on any atom is 4.00 e. The van der Waals surface area contributed by atoms with Crippen LogP contribution in [0.15, 0.2) is 60.7 Å². The van der Waals surface area contributed by atoms with Gasteiger partial charge in [-0.2, -0.15) is 36.4 Å². The molecule has 3 heteroatoms. The van der Waals surface area contributed by atoms with E-state index in [4.69, 9.17) is 17.3 Å². The largest absolute Gasteiger partial charge is 4.00 e. The van der Waals surface area contributed by atoms with E-state index < -0.39 is 0 Å². The van der Waals surface area contributed by atoms with Crippen molar-refractivity contribution < 1.29 is 26.2 Å². The van der Waals surface area contributed by atoms with Gasteiger partial charge in [-0.05, 0) is 76.9 Å². The Morgan fingerprint density at radius 2 is 0.974 bits per heavy atom. The van der Waals surface area contributed by atoms with Gasteiger partial charge >= 0.3 is 26.2 Å². The molecule has 0 amide bonds. The van der Waals surface area contributed by atoms with Crippen LogP contribution in [0.4, 0.5) is 0 Å². The van der Waals surface area contributed by atoms with Gasteiger partial charge in [0.05, 0.1) is 0 Å². The Hall–Kier alpha value is -0.847. The average Bonchev–Trinajstić information content (AvgIpc) is 3.16. The summed E-state index contributed by atoms with van der Waals surface area (Å²) in [5, 5.41) is 0.724. The van der Waals surface area contributed by atoms with Gasteiger partial charge in [0.1, 0.15) is 0 Å². The summed E-state index contributed by atoms with van der Waals surface area (Å²) in [6, 6.07) is 20.1. The number of hydrogen-bond acceptors (Lipinski definition) is 0. The van der Waals surface area contributed by atoms with Crippen molar-refractivity contribution in [2.45, 2.75) is 62.3 Å². The molecule has 4 atom stereocenters. The van der Waals surface area contributed by atoms with E-state index >= 15 is 0 Å². The van der Waals surface area contributed by atoms with E-state index in [-0.39, 0.29) is 41.1 Å². The molecule has 2 aromatic carbocycles. The third kappa shape index (κ3) is 10.3. The van der Waals surface area contributed by atoms with E-state index in [9.17, 15) is 0 Å². The maximum atomic E-state index is 8.28. The van der Waals surface area contributed by atoms with Gasteiger partial charge in [-0.1, -0.05) is 92.1 Å². The molecule has 1 N–H and O–H groups in total. The second-order valence-corrected chi connectivity index (χ2v) is 11.9. The minimum atomic E-state index is 0. The van der Waals surface area contributed by atoms with Gasteiger partial charge in [-0.25, -0.2) is 0 Å². The molecule has 2 saturated carbocycles. The van der Waals surface area contributed by atoms with Gasteiger partial charge in [0.2, 0.25) is 0 Å². The Morgan fingerprint density at radius 1 is 0.632 bits per heavy atom. The van der Waals surface area contributed by atoms with Gasteiger partial charge in [0.15, 0.2) is 0 Å². The van der Waals surface area contributed by atoms with Crippen molar-refractivity contribution in [1.29, 1.82) is 0 Å². The van der Waals surface area contributed by atoms with Crippen LogP contribution in [0, 0.1) is 80.1 Å². The smallest absolute Gasteiger partial charge is 0.698 e. The minimum Gasteiger partial charge on any atom is -0.698 e. The van der Waals surface area contributed by atoms with Crippen LogP contribution >= 0.6 is 11.6 Å². The maximum absolute atomic E-state index is 8.28. The first-order chi connectivity index (χ1) is 16.5. The van der Waals surface area contributed by atoms with E-state index in [1.807, 2.05) is 54.6 Å². The monoisotopic (exact) mass is 613 g/mol. The molecule has 0 aromatic heterocycles. The SMILES string of the molecule is CC1C(C)C(C)C(/C=C(\[NH-])c2ccc(Cl)cc2)C1C.CC1C(C)C(C)C(C)C1C.[CH3-].[CH3-].[Zr+4].[c-]1ccccc1. The number of halogens is 1. The predicted octanol–water partition coefficient (Wildman–Crippen LogP) is 11.5. The molecule has 0 aliphatic heterocycles. The quantitative estimate of drug-likeness (QED) is 0.300. The van der Waals surface area contributed by atoms with Crippen LogP contribution in [0.3, 0.4) is 0 Å². The zero-order chi connectivity index (χ0) is 26.3. The van der Waals surface area contributed by atoms with Gasteiger partial charge < -0.3 is 20.6 Å². The van der Waals surface area contributed by atoms with Crippen molar-refractivity contribution in [3.63, 3.8) is 0 Å². The number of rotatable bonds is 2. The molecule has 2 aromatic rings. The van der Waals surface area contributed by atoms with Crippen molar-refractivity contribution in [2.75, 3.05) is 0 Å². The van der Waals surface area contributed by atoms with Crippen LogP contribution in [-0.2, 0) is 26.2 Å². The Kier molecular flexibility index (Phi) is 19.1. The third-order valence-corrected chi connectivity index (χ3v) is 10.2. The first-order valence-corrected chi connectivity index (χ1v) is 14.0. The van der Waals surface area contributed by atoms with Crippen molar-refractivity contribution in [1.82, 2.24) is 0 Å². The topological polar surface area (TPSA) is 23.8 Å². The van der Waals surface area contributed by atoms with E-state index in [1.165, 1.54) is 0 Å². The number of hydrogen-bond donors (Lipinski definition) is 0. The Labute approximate surface area is 261 Å². The second kappa shape index (κ2) is 18.5. The second-order valence-electron chi connectivity index (χ2n) is 11.5. The van der Waals surface area contributed by atoms with Gasteiger partial charge in [-0.3, -0.25) is 0 Å². The van der Waals surface area contributed by atoms with Gasteiger partial charge in [0, 0.05) is 5.02 Å². The summed E-state index contributed by atoms with van der Waals surface area (Å²) in [4.78, 5) is 0. The van der Waals surface area contributed by atoms with Crippen molar-refractivity contribution in [3.8, 4) is 0 Å². The van der Waals surface area contributed by atoms with E-state index in [2.05, 4.69) is 74.5 Å². The fourth-order valence-electron chi connectivity index (χ4n) is 6.10. The molecule has 0 saturated heterocycles. The summed E-state index contributed by atoms with van der Waals surface area (Å²) in [6.45, 7) is 21.3. The summed E-state index contributed by atoms with van der Waals surface area (Å²) in [5.41, 5.74) is 9.86. The standard InChI is InChI=1S/C17H23ClN.C10H20.C6H5.2CH3.Zr/c1-10-11(2)13(4)16(12(10)3)9-17(19)14-5-7-15(18)8-6-14;1-6-7(2)9(4)10(5)8(6)3;1-2-4-6-5-3-1;;;/h5-13,16,19H,1-4H3;6-10H,1-5H3;1-5H;2*1H3;/q-1;;3*-1;+4/b17-9-;;;;;. The molecule has 0 spiro atoms. The molecule has 38 heavy (non-hydrogen) atoms. The molecule has 0 radical (unpaired) electrons. The van der Waals surface area contributed by atoms with E-state index in [1.54, 1.807) is 0 Å². The fraction of sp³-hybridized carbons (Fsp3) is 0.543. The summed E-state index contributed by atoms with van der Waals surface area (Å²) >= 11 is 5.89. The fourth-order valence-corrected chi connectivity index (χ4v) is 6.22.